The highest BCUT2D eigenvalue weighted by molar-refractivity contribution is 5.81. The molecule has 7 heteroatoms. The molecule has 19 heavy (non-hydrogen) atoms. The largest absolute Gasteiger partial charge is 0.471 e. The van der Waals surface area contributed by atoms with Gasteiger partial charge in [-0.05, 0) is 25.8 Å². The molecule has 2 fully saturated rings. The van der Waals surface area contributed by atoms with Gasteiger partial charge in [0.1, 0.15) is 0 Å². The van der Waals surface area contributed by atoms with Crippen LogP contribution in [0.5, 0.6) is 0 Å². The van der Waals surface area contributed by atoms with E-state index < -0.39 is 12.1 Å². The summed E-state index contributed by atoms with van der Waals surface area (Å²) in [7, 11) is 0. The van der Waals surface area contributed by atoms with Crippen LogP contribution in [0, 0.1) is 0 Å². The standard InChI is InChI=1S/C12H19F3N2O2/c13-12(14,15)11(18)17-5-2-4-16(6-7-17)9-10-3-1-8-19-10/h10H,1-9H2. The van der Waals surface area contributed by atoms with Crippen molar-refractivity contribution < 1.29 is 22.7 Å². The van der Waals surface area contributed by atoms with Gasteiger partial charge < -0.3 is 9.64 Å². The van der Waals surface area contributed by atoms with Gasteiger partial charge in [-0.3, -0.25) is 9.69 Å². The average Bonchev–Trinajstić information content (AvgIpc) is 2.72. The van der Waals surface area contributed by atoms with Crippen LogP contribution in [0.1, 0.15) is 19.3 Å². The molecule has 2 heterocycles. The summed E-state index contributed by atoms with van der Waals surface area (Å²) < 4.78 is 42.6. The van der Waals surface area contributed by atoms with E-state index in [1.807, 2.05) is 0 Å². The maximum absolute atomic E-state index is 12.4. The van der Waals surface area contributed by atoms with Gasteiger partial charge in [0, 0.05) is 32.8 Å². The van der Waals surface area contributed by atoms with Crippen molar-refractivity contribution in [3.05, 3.63) is 0 Å². The zero-order chi connectivity index (χ0) is 13.9. The molecule has 0 aromatic heterocycles. The highest BCUT2D eigenvalue weighted by Crippen LogP contribution is 2.20. The van der Waals surface area contributed by atoms with Crippen LogP contribution in [-0.4, -0.2) is 67.3 Å². The summed E-state index contributed by atoms with van der Waals surface area (Å²) in [6.45, 7) is 3.07. The molecule has 1 atom stereocenters. The molecule has 0 saturated carbocycles. The number of halogens is 3. The molecule has 2 saturated heterocycles. The predicted octanol–water partition coefficient (Wildman–Crippen LogP) is 1.26. The lowest BCUT2D eigenvalue weighted by molar-refractivity contribution is -0.185. The van der Waals surface area contributed by atoms with Crippen LogP contribution in [0.4, 0.5) is 13.2 Å². The van der Waals surface area contributed by atoms with Crippen molar-refractivity contribution in [2.24, 2.45) is 0 Å². The first kappa shape index (κ1) is 14.6. The van der Waals surface area contributed by atoms with Crippen molar-refractivity contribution in [2.75, 3.05) is 39.3 Å². The summed E-state index contributed by atoms with van der Waals surface area (Å²) in [5.74, 6) is -1.72. The number of alkyl halides is 3. The van der Waals surface area contributed by atoms with Gasteiger partial charge in [-0.25, -0.2) is 0 Å². The first-order chi connectivity index (χ1) is 8.97. The molecule has 4 nitrogen and oxygen atoms in total. The molecule has 0 N–H and O–H groups in total. The van der Waals surface area contributed by atoms with E-state index in [0.717, 1.165) is 37.4 Å². The lowest BCUT2D eigenvalue weighted by Gasteiger charge is -2.24. The maximum atomic E-state index is 12.4. The number of amides is 1. The molecule has 0 radical (unpaired) electrons. The van der Waals surface area contributed by atoms with Crippen LogP contribution in [0.3, 0.4) is 0 Å². The quantitative estimate of drug-likeness (QED) is 0.763. The Hall–Kier alpha value is -0.820. The Morgan fingerprint density at radius 2 is 1.95 bits per heavy atom. The smallest absolute Gasteiger partial charge is 0.377 e. The Balaban J connectivity index is 1.82. The van der Waals surface area contributed by atoms with E-state index >= 15 is 0 Å². The molecule has 110 valence electrons. The average molecular weight is 280 g/mol. The summed E-state index contributed by atoms with van der Waals surface area (Å²) in [6.07, 6.45) is -1.91. The lowest BCUT2D eigenvalue weighted by Crippen LogP contribution is -2.43. The van der Waals surface area contributed by atoms with E-state index in [0.29, 0.717) is 13.0 Å². The van der Waals surface area contributed by atoms with Gasteiger partial charge in [-0.1, -0.05) is 0 Å². The fraction of sp³-hybridized carbons (Fsp3) is 0.917. The van der Waals surface area contributed by atoms with Crippen LogP contribution in [0.25, 0.3) is 0 Å². The van der Waals surface area contributed by atoms with Crippen LogP contribution < -0.4 is 0 Å². The van der Waals surface area contributed by atoms with E-state index in [2.05, 4.69) is 4.90 Å². The normalized spacial score (nSPS) is 26.5. The number of ether oxygens (including phenoxy) is 1. The second kappa shape index (κ2) is 6.09. The summed E-state index contributed by atoms with van der Waals surface area (Å²) >= 11 is 0. The van der Waals surface area contributed by atoms with Gasteiger partial charge in [0.05, 0.1) is 6.10 Å². The van der Waals surface area contributed by atoms with Gasteiger partial charge in [0.15, 0.2) is 0 Å². The monoisotopic (exact) mass is 280 g/mol. The highest BCUT2D eigenvalue weighted by Gasteiger charge is 2.42. The SMILES string of the molecule is O=C(N1CCCN(CC2CCCO2)CC1)C(F)(F)F. The predicted molar refractivity (Wildman–Crippen MR) is 62.7 cm³/mol. The van der Waals surface area contributed by atoms with Crippen molar-refractivity contribution in [1.82, 2.24) is 9.80 Å². The molecular formula is C12H19F3N2O2. The van der Waals surface area contributed by atoms with Crippen LogP contribution in [0.2, 0.25) is 0 Å². The van der Waals surface area contributed by atoms with E-state index in [-0.39, 0.29) is 19.2 Å². The van der Waals surface area contributed by atoms with Crippen LogP contribution in [0.15, 0.2) is 0 Å². The van der Waals surface area contributed by atoms with E-state index in [4.69, 9.17) is 4.74 Å². The minimum Gasteiger partial charge on any atom is -0.377 e. The van der Waals surface area contributed by atoms with E-state index in [1.165, 1.54) is 0 Å². The van der Waals surface area contributed by atoms with Gasteiger partial charge in [0.2, 0.25) is 0 Å². The third-order valence-electron chi connectivity index (χ3n) is 3.60. The Morgan fingerprint density at radius 3 is 2.58 bits per heavy atom. The highest BCUT2D eigenvalue weighted by atomic mass is 19.4. The van der Waals surface area contributed by atoms with E-state index in [1.54, 1.807) is 0 Å². The molecule has 2 aliphatic rings. The number of carbonyl (C=O) groups excluding carboxylic acids is 1. The fourth-order valence-electron chi connectivity index (χ4n) is 2.61. The molecular weight excluding hydrogens is 261 g/mol. The number of rotatable bonds is 2. The van der Waals surface area contributed by atoms with Crippen molar-refractivity contribution >= 4 is 5.91 Å². The van der Waals surface area contributed by atoms with Crippen molar-refractivity contribution in [3.63, 3.8) is 0 Å². The number of nitrogens with zero attached hydrogens (tertiary/aromatic N) is 2. The summed E-state index contributed by atoms with van der Waals surface area (Å²) in [4.78, 5) is 14.2. The minimum atomic E-state index is -4.76. The Bertz CT molecular complexity index is 317. The topological polar surface area (TPSA) is 32.8 Å². The minimum absolute atomic E-state index is 0.144. The number of carbonyl (C=O) groups is 1. The molecule has 0 aromatic carbocycles. The molecule has 1 amide bonds. The second-order valence-electron chi connectivity index (χ2n) is 5.08. The van der Waals surface area contributed by atoms with Crippen molar-refractivity contribution in [3.8, 4) is 0 Å². The second-order valence-corrected chi connectivity index (χ2v) is 5.08. The summed E-state index contributed by atoms with van der Waals surface area (Å²) in [5.41, 5.74) is 0. The third kappa shape index (κ3) is 4.07. The number of hydrogen-bond acceptors (Lipinski definition) is 3. The van der Waals surface area contributed by atoms with Crippen molar-refractivity contribution in [2.45, 2.75) is 31.5 Å². The zero-order valence-corrected chi connectivity index (χ0v) is 10.8. The Kier molecular flexibility index (Phi) is 4.67. The number of hydrogen-bond donors (Lipinski definition) is 0. The molecule has 2 rings (SSSR count). The van der Waals surface area contributed by atoms with E-state index in [9.17, 15) is 18.0 Å². The first-order valence-corrected chi connectivity index (χ1v) is 6.67. The molecule has 2 aliphatic heterocycles. The maximum Gasteiger partial charge on any atom is 0.471 e. The zero-order valence-electron chi connectivity index (χ0n) is 10.8. The van der Waals surface area contributed by atoms with Crippen LogP contribution in [-0.2, 0) is 9.53 Å². The molecule has 0 aromatic rings. The van der Waals surface area contributed by atoms with Crippen LogP contribution >= 0.6 is 0 Å². The first-order valence-electron chi connectivity index (χ1n) is 6.67. The van der Waals surface area contributed by atoms with Gasteiger partial charge in [-0.15, -0.1) is 0 Å². The van der Waals surface area contributed by atoms with Gasteiger partial charge in [0.25, 0.3) is 0 Å². The van der Waals surface area contributed by atoms with Gasteiger partial charge >= 0.3 is 12.1 Å². The Labute approximate surface area is 110 Å². The molecule has 0 bridgehead atoms. The molecule has 1 unspecified atom stereocenters. The fourth-order valence-corrected chi connectivity index (χ4v) is 2.61. The van der Waals surface area contributed by atoms with Gasteiger partial charge in [-0.2, -0.15) is 13.2 Å². The summed E-state index contributed by atoms with van der Waals surface area (Å²) in [6, 6.07) is 0. The molecule has 0 aliphatic carbocycles. The Morgan fingerprint density at radius 1 is 1.16 bits per heavy atom. The summed E-state index contributed by atoms with van der Waals surface area (Å²) in [5, 5.41) is 0. The van der Waals surface area contributed by atoms with Crippen molar-refractivity contribution in [1.29, 1.82) is 0 Å². The lowest BCUT2D eigenvalue weighted by atomic mass is 10.2. The molecule has 0 spiro atoms. The third-order valence-corrected chi connectivity index (χ3v) is 3.60.